The second kappa shape index (κ2) is 6.07. The summed E-state index contributed by atoms with van der Waals surface area (Å²) in [6.45, 7) is 0. The monoisotopic (exact) mass is 369 g/mol. The van der Waals surface area contributed by atoms with Crippen LogP contribution in [0.15, 0.2) is 45.3 Å². The third-order valence-corrected chi connectivity index (χ3v) is 4.86. The van der Waals surface area contributed by atoms with Gasteiger partial charge in [-0.3, -0.25) is 5.10 Å². The molecule has 0 bridgehead atoms. The topological polar surface area (TPSA) is 41.6 Å². The highest BCUT2D eigenvalue weighted by Crippen LogP contribution is 2.26. The van der Waals surface area contributed by atoms with Crippen LogP contribution in [0.25, 0.3) is 10.7 Å². The van der Waals surface area contributed by atoms with Crippen molar-refractivity contribution in [1.29, 1.82) is 0 Å². The minimum absolute atomic E-state index is 0.221. The first-order chi connectivity index (χ1) is 9.72. The van der Waals surface area contributed by atoms with Crippen molar-refractivity contribution >= 4 is 39.0 Å². The van der Waals surface area contributed by atoms with Gasteiger partial charge in [-0.15, -0.1) is 16.4 Å². The summed E-state index contributed by atoms with van der Waals surface area (Å²) in [5.41, 5.74) is 0.640. The standard InChI is InChI=1S/C13H9BrFN3S2/c14-9-4-3-8(10(15)6-9)7-20-13-16-12(17-18-13)11-2-1-5-19-11/h1-6H,7H2,(H,16,17,18). The van der Waals surface area contributed by atoms with Crippen LogP contribution in [0.1, 0.15) is 5.56 Å². The van der Waals surface area contributed by atoms with E-state index in [1.807, 2.05) is 23.6 Å². The fourth-order valence-electron chi connectivity index (χ4n) is 1.62. The third kappa shape index (κ3) is 3.11. The Morgan fingerprint density at radius 1 is 1.35 bits per heavy atom. The number of nitrogens with zero attached hydrogens (tertiary/aromatic N) is 2. The van der Waals surface area contributed by atoms with Crippen LogP contribution in [-0.2, 0) is 5.75 Å². The van der Waals surface area contributed by atoms with Gasteiger partial charge >= 0.3 is 0 Å². The molecule has 3 nitrogen and oxygen atoms in total. The van der Waals surface area contributed by atoms with Gasteiger partial charge in [-0.2, -0.15) is 0 Å². The van der Waals surface area contributed by atoms with Crippen LogP contribution in [0.3, 0.4) is 0 Å². The number of aromatic amines is 1. The van der Waals surface area contributed by atoms with Crippen LogP contribution in [-0.4, -0.2) is 15.2 Å². The molecule has 0 saturated carbocycles. The highest BCUT2D eigenvalue weighted by Gasteiger charge is 2.09. The molecule has 0 amide bonds. The molecule has 1 N–H and O–H groups in total. The molecule has 0 aliphatic heterocycles. The van der Waals surface area contributed by atoms with Gasteiger partial charge in [0.15, 0.2) is 5.82 Å². The Bertz CT molecular complexity index is 712. The SMILES string of the molecule is Fc1cc(Br)ccc1CSc1n[nH]c(-c2cccs2)n1. The number of hydrogen-bond donors (Lipinski definition) is 1. The summed E-state index contributed by atoms with van der Waals surface area (Å²) in [4.78, 5) is 5.43. The van der Waals surface area contributed by atoms with Gasteiger partial charge in [0.1, 0.15) is 5.82 Å². The number of aromatic nitrogens is 3. The normalized spacial score (nSPS) is 10.9. The average molecular weight is 370 g/mol. The first-order valence-corrected chi connectivity index (χ1v) is 8.41. The molecule has 3 aromatic rings. The molecular weight excluding hydrogens is 361 g/mol. The number of thioether (sulfide) groups is 1. The Hall–Kier alpha value is -1.18. The van der Waals surface area contributed by atoms with E-state index in [4.69, 9.17) is 0 Å². The highest BCUT2D eigenvalue weighted by atomic mass is 79.9. The van der Waals surface area contributed by atoms with E-state index in [0.29, 0.717) is 16.5 Å². The summed E-state index contributed by atoms with van der Waals surface area (Å²) >= 11 is 6.25. The van der Waals surface area contributed by atoms with Crippen LogP contribution in [0.2, 0.25) is 0 Å². The fourth-order valence-corrected chi connectivity index (χ4v) is 3.40. The zero-order valence-electron chi connectivity index (χ0n) is 10.1. The zero-order valence-corrected chi connectivity index (χ0v) is 13.4. The van der Waals surface area contributed by atoms with Gasteiger partial charge in [0.05, 0.1) is 4.88 Å². The molecule has 20 heavy (non-hydrogen) atoms. The highest BCUT2D eigenvalue weighted by molar-refractivity contribution is 9.10. The Balaban J connectivity index is 1.70. The van der Waals surface area contributed by atoms with Gasteiger partial charge in [0.2, 0.25) is 5.16 Å². The van der Waals surface area contributed by atoms with Crippen LogP contribution < -0.4 is 0 Å². The number of rotatable bonds is 4. The third-order valence-electron chi connectivity index (χ3n) is 2.59. The lowest BCUT2D eigenvalue weighted by Crippen LogP contribution is -1.88. The molecule has 1 aromatic carbocycles. The van der Waals surface area contributed by atoms with Crippen molar-refractivity contribution in [3.8, 4) is 10.7 Å². The number of benzene rings is 1. The van der Waals surface area contributed by atoms with Crippen molar-refractivity contribution in [3.05, 3.63) is 51.6 Å². The molecule has 0 saturated heterocycles. The number of H-pyrrole nitrogens is 1. The number of hydrogen-bond acceptors (Lipinski definition) is 4. The largest absolute Gasteiger partial charge is 0.257 e. The Morgan fingerprint density at radius 2 is 2.25 bits per heavy atom. The zero-order chi connectivity index (χ0) is 13.9. The lowest BCUT2D eigenvalue weighted by molar-refractivity contribution is 0.616. The van der Waals surface area contributed by atoms with E-state index < -0.39 is 0 Å². The predicted molar refractivity (Wildman–Crippen MR) is 83.4 cm³/mol. The predicted octanol–water partition coefficient (Wildman–Crippen LogP) is 4.73. The molecule has 2 heterocycles. The van der Waals surface area contributed by atoms with E-state index in [1.165, 1.54) is 17.8 Å². The molecule has 0 fully saturated rings. The summed E-state index contributed by atoms with van der Waals surface area (Å²) in [5, 5.41) is 9.64. The van der Waals surface area contributed by atoms with Crippen LogP contribution >= 0.6 is 39.0 Å². The Labute approximate surface area is 131 Å². The van der Waals surface area contributed by atoms with Gasteiger partial charge in [-0.05, 0) is 29.1 Å². The first kappa shape index (κ1) is 13.8. The molecule has 0 unspecified atom stereocenters. The second-order valence-electron chi connectivity index (χ2n) is 3.97. The minimum atomic E-state index is -0.221. The number of thiophene rings is 1. The maximum atomic E-state index is 13.7. The molecule has 0 aliphatic carbocycles. The molecule has 2 aromatic heterocycles. The molecule has 0 aliphatic rings. The Morgan fingerprint density at radius 3 is 3.00 bits per heavy atom. The lowest BCUT2D eigenvalue weighted by atomic mass is 10.2. The van der Waals surface area contributed by atoms with Gasteiger partial charge < -0.3 is 0 Å². The van der Waals surface area contributed by atoms with Crippen LogP contribution in [0.5, 0.6) is 0 Å². The second-order valence-corrected chi connectivity index (χ2v) is 6.77. The quantitative estimate of drug-likeness (QED) is 0.676. The number of nitrogens with one attached hydrogen (secondary N) is 1. The molecule has 7 heteroatoms. The van der Waals surface area contributed by atoms with Gasteiger partial charge in [0.25, 0.3) is 0 Å². The molecular formula is C13H9BrFN3S2. The van der Waals surface area contributed by atoms with Crippen molar-refractivity contribution in [3.63, 3.8) is 0 Å². The fraction of sp³-hybridized carbons (Fsp3) is 0.0769. The van der Waals surface area contributed by atoms with Crippen molar-refractivity contribution in [2.45, 2.75) is 10.9 Å². The van der Waals surface area contributed by atoms with E-state index in [1.54, 1.807) is 17.4 Å². The van der Waals surface area contributed by atoms with Gasteiger partial charge in [-0.25, -0.2) is 9.37 Å². The first-order valence-electron chi connectivity index (χ1n) is 5.75. The summed E-state index contributed by atoms with van der Waals surface area (Å²) in [6, 6.07) is 9.00. The minimum Gasteiger partial charge on any atom is -0.257 e. The number of halogens is 2. The van der Waals surface area contributed by atoms with E-state index in [9.17, 15) is 4.39 Å². The maximum absolute atomic E-state index is 13.7. The smallest absolute Gasteiger partial charge is 0.209 e. The van der Waals surface area contributed by atoms with Crippen molar-refractivity contribution in [1.82, 2.24) is 15.2 Å². The van der Waals surface area contributed by atoms with E-state index in [2.05, 4.69) is 31.1 Å². The van der Waals surface area contributed by atoms with E-state index >= 15 is 0 Å². The molecule has 0 atom stereocenters. The summed E-state index contributed by atoms with van der Waals surface area (Å²) in [5.74, 6) is 1.03. The van der Waals surface area contributed by atoms with Crippen molar-refractivity contribution in [2.75, 3.05) is 0 Å². The summed E-state index contributed by atoms with van der Waals surface area (Å²) in [6.07, 6.45) is 0. The van der Waals surface area contributed by atoms with E-state index in [-0.39, 0.29) is 5.82 Å². The van der Waals surface area contributed by atoms with Crippen LogP contribution in [0.4, 0.5) is 4.39 Å². The summed E-state index contributed by atoms with van der Waals surface area (Å²) in [7, 11) is 0. The molecule has 0 spiro atoms. The van der Waals surface area contributed by atoms with E-state index in [0.717, 1.165) is 15.2 Å². The summed E-state index contributed by atoms with van der Waals surface area (Å²) < 4.78 is 14.4. The van der Waals surface area contributed by atoms with Gasteiger partial charge in [0, 0.05) is 10.2 Å². The lowest BCUT2D eigenvalue weighted by Gasteiger charge is -2.01. The van der Waals surface area contributed by atoms with Gasteiger partial charge in [-0.1, -0.05) is 39.8 Å². The average Bonchev–Trinajstić information content (AvgIpc) is 3.08. The maximum Gasteiger partial charge on any atom is 0.209 e. The van der Waals surface area contributed by atoms with Crippen molar-refractivity contribution in [2.24, 2.45) is 0 Å². The molecule has 0 radical (unpaired) electrons. The molecule has 3 rings (SSSR count). The van der Waals surface area contributed by atoms with Crippen LogP contribution in [0, 0.1) is 5.82 Å². The Kier molecular flexibility index (Phi) is 4.18. The molecule has 102 valence electrons. The van der Waals surface area contributed by atoms with Crippen molar-refractivity contribution < 1.29 is 4.39 Å².